The molecule has 168 valence electrons. The minimum absolute atomic E-state index is 0.119. The van der Waals surface area contributed by atoms with E-state index in [2.05, 4.69) is 18.6 Å². The van der Waals surface area contributed by atoms with Crippen LogP contribution in [0.1, 0.15) is 48.5 Å². The Kier molecular flexibility index (Phi) is 7.77. The molecular weight excluding hydrogens is 426 g/mol. The fourth-order valence-corrected chi connectivity index (χ4v) is 4.31. The summed E-state index contributed by atoms with van der Waals surface area (Å²) in [6, 6.07) is 19.6. The van der Waals surface area contributed by atoms with Crippen molar-refractivity contribution < 1.29 is 22.7 Å². The summed E-state index contributed by atoms with van der Waals surface area (Å²) in [6.07, 6.45) is 0.836. The number of carbonyl (C=O) groups excluding carboxylic acids is 2. The van der Waals surface area contributed by atoms with Crippen molar-refractivity contribution in [1.82, 2.24) is 4.72 Å². The van der Waals surface area contributed by atoms with Crippen molar-refractivity contribution in [2.24, 2.45) is 0 Å². The van der Waals surface area contributed by atoms with Crippen molar-refractivity contribution in [2.45, 2.75) is 37.5 Å². The fraction of sp³-hybridized carbons (Fsp3) is 0.280. The van der Waals surface area contributed by atoms with Gasteiger partial charge in [-0.2, -0.15) is 0 Å². The molecule has 1 unspecified atom stereocenters. The molecule has 0 saturated heterocycles. The topological polar surface area (TPSA) is 89.5 Å². The molecule has 0 heterocycles. The van der Waals surface area contributed by atoms with Gasteiger partial charge in [0, 0.05) is 12.1 Å². The Morgan fingerprint density at radius 1 is 0.969 bits per heavy atom. The largest absolute Gasteiger partial charge is 0.457 e. The van der Waals surface area contributed by atoms with Gasteiger partial charge in [-0.1, -0.05) is 68.4 Å². The van der Waals surface area contributed by atoms with Gasteiger partial charge in [0.05, 0.1) is 11.3 Å². The Labute approximate surface area is 188 Å². The van der Waals surface area contributed by atoms with E-state index in [1.54, 1.807) is 24.3 Å². The molecule has 7 heteroatoms. The number of hydrogen-bond acceptors (Lipinski definition) is 5. The summed E-state index contributed by atoms with van der Waals surface area (Å²) >= 11 is 0. The van der Waals surface area contributed by atoms with Gasteiger partial charge in [0.25, 0.3) is 0 Å². The number of fused-ring (bicyclic) bond motifs is 1. The normalized spacial score (nSPS) is 12.4. The van der Waals surface area contributed by atoms with E-state index in [-0.39, 0.29) is 30.3 Å². The second-order valence-electron chi connectivity index (χ2n) is 7.67. The average molecular weight is 454 g/mol. The van der Waals surface area contributed by atoms with Crippen LogP contribution in [0.2, 0.25) is 0 Å². The first-order valence-corrected chi connectivity index (χ1v) is 12.1. The second kappa shape index (κ2) is 10.5. The van der Waals surface area contributed by atoms with Crippen LogP contribution in [0.3, 0.4) is 0 Å². The summed E-state index contributed by atoms with van der Waals surface area (Å²) in [6.45, 7) is 3.72. The maximum atomic E-state index is 12.5. The van der Waals surface area contributed by atoms with E-state index in [0.29, 0.717) is 11.5 Å². The molecule has 0 radical (unpaired) electrons. The minimum atomic E-state index is -3.76. The summed E-state index contributed by atoms with van der Waals surface area (Å²) in [5.74, 6) is -0.531. The standard InChI is InChI=1S/C25H27NO5S/c1-3-18(2)19-8-10-21(11-9-19)24(27)17-31-25(28)14-15-26-32(29,30)23-13-12-20-6-4-5-7-22(20)16-23/h4-13,16,18,26H,3,14-15,17H2,1-2H3. The summed E-state index contributed by atoms with van der Waals surface area (Å²) in [4.78, 5) is 24.3. The van der Waals surface area contributed by atoms with Crippen LogP contribution in [0.4, 0.5) is 0 Å². The molecule has 0 aliphatic heterocycles. The average Bonchev–Trinajstić information content (AvgIpc) is 2.81. The van der Waals surface area contributed by atoms with E-state index >= 15 is 0 Å². The molecule has 1 N–H and O–H groups in total. The highest BCUT2D eigenvalue weighted by Crippen LogP contribution is 2.20. The number of benzene rings is 3. The van der Waals surface area contributed by atoms with Gasteiger partial charge in [-0.25, -0.2) is 13.1 Å². The van der Waals surface area contributed by atoms with Crippen molar-refractivity contribution in [3.63, 3.8) is 0 Å². The third kappa shape index (κ3) is 6.02. The predicted molar refractivity (Wildman–Crippen MR) is 124 cm³/mol. The number of nitrogens with one attached hydrogen (secondary N) is 1. The predicted octanol–water partition coefficient (Wildman–Crippen LogP) is 4.45. The van der Waals surface area contributed by atoms with E-state index in [1.165, 1.54) is 6.07 Å². The fourth-order valence-electron chi connectivity index (χ4n) is 3.24. The molecule has 32 heavy (non-hydrogen) atoms. The van der Waals surface area contributed by atoms with Gasteiger partial charge >= 0.3 is 5.97 Å². The third-order valence-electron chi connectivity index (χ3n) is 5.43. The van der Waals surface area contributed by atoms with Gasteiger partial charge < -0.3 is 4.74 Å². The Morgan fingerprint density at radius 2 is 1.66 bits per heavy atom. The van der Waals surface area contributed by atoms with Gasteiger partial charge in [0.15, 0.2) is 12.4 Å². The van der Waals surface area contributed by atoms with Crippen LogP contribution >= 0.6 is 0 Å². The summed E-state index contributed by atoms with van der Waals surface area (Å²) < 4.78 is 32.4. The van der Waals surface area contributed by atoms with Crippen LogP contribution in [-0.4, -0.2) is 33.3 Å². The summed E-state index contributed by atoms with van der Waals surface area (Å²) in [5, 5.41) is 1.75. The maximum Gasteiger partial charge on any atom is 0.307 e. The van der Waals surface area contributed by atoms with E-state index in [1.807, 2.05) is 36.4 Å². The van der Waals surface area contributed by atoms with Crippen molar-refractivity contribution in [3.8, 4) is 0 Å². The minimum Gasteiger partial charge on any atom is -0.457 e. The van der Waals surface area contributed by atoms with Crippen molar-refractivity contribution >= 4 is 32.5 Å². The number of ketones is 1. The molecule has 0 aliphatic rings. The van der Waals surface area contributed by atoms with Crippen LogP contribution in [0, 0.1) is 0 Å². The van der Waals surface area contributed by atoms with Crippen LogP contribution in [0.25, 0.3) is 10.8 Å². The number of carbonyl (C=O) groups is 2. The van der Waals surface area contributed by atoms with Crippen molar-refractivity contribution in [3.05, 3.63) is 77.9 Å². The first kappa shape index (κ1) is 23.6. The van der Waals surface area contributed by atoms with Crippen LogP contribution in [0.5, 0.6) is 0 Å². The lowest BCUT2D eigenvalue weighted by molar-refractivity contribution is -0.142. The number of esters is 1. The lowest BCUT2D eigenvalue weighted by Gasteiger charge is -2.10. The third-order valence-corrected chi connectivity index (χ3v) is 6.89. The molecule has 0 bridgehead atoms. The highest BCUT2D eigenvalue weighted by Gasteiger charge is 2.16. The molecule has 1 atom stereocenters. The van der Waals surface area contributed by atoms with Gasteiger partial charge in [-0.15, -0.1) is 0 Å². The first-order chi connectivity index (χ1) is 15.3. The number of sulfonamides is 1. The van der Waals surface area contributed by atoms with Crippen molar-refractivity contribution in [2.75, 3.05) is 13.2 Å². The second-order valence-corrected chi connectivity index (χ2v) is 9.44. The highest BCUT2D eigenvalue weighted by atomic mass is 32.2. The van der Waals surface area contributed by atoms with Gasteiger partial charge in [0.2, 0.25) is 10.0 Å². The Balaban J connectivity index is 1.47. The van der Waals surface area contributed by atoms with Crippen molar-refractivity contribution in [1.29, 1.82) is 0 Å². The highest BCUT2D eigenvalue weighted by molar-refractivity contribution is 7.89. The number of hydrogen-bond donors (Lipinski definition) is 1. The first-order valence-electron chi connectivity index (χ1n) is 10.6. The zero-order chi connectivity index (χ0) is 23.1. The Bertz CT molecular complexity index is 1200. The lowest BCUT2D eigenvalue weighted by Crippen LogP contribution is -2.27. The molecule has 0 aliphatic carbocycles. The summed E-state index contributed by atoms with van der Waals surface area (Å²) in [7, 11) is -3.76. The van der Waals surface area contributed by atoms with Crippen LogP contribution < -0.4 is 4.72 Å². The molecule has 6 nitrogen and oxygen atoms in total. The molecule has 3 aromatic carbocycles. The summed E-state index contributed by atoms with van der Waals surface area (Å²) in [5.41, 5.74) is 1.63. The van der Waals surface area contributed by atoms with Crippen LogP contribution in [0.15, 0.2) is 71.6 Å². The lowest BCUT2D eigenvalue weighted by atomic mass is 9.97. The van der Waals surface area contributed by atoms with Gasteiger partial charge in [0.1, 0.15) is 0 Å². The Morgan fingerprint density at radius 3 is 2.34 bits per heavy atom. The molecule has 0 aromatic heterocycles. The molecule has 0 spiro atoms. The van der Waals surface area contributed by atoms with E-state index in [0.717, 1.165) is 22.8 Å². The SMILES string of the molecule is CCC(C)c1ccc(C(=O)COC(=O)CCNS(=O)(=O)c2ccc3ccccc3c2)cc1. The smallest absolute Gasteiger partial charge is 0.307 e. The molecule has 0 saturated carbocycles. The maximum absolute atomic E-state index is 12.5. The van der Waals surface area contributed by atoms with E-state index < -0.39 is 16.0 Å². The van der Waals surface area contributed by atoms with Gasteiger partial charge in [-0.05, 0) is 40.8 Å². The van der Waals surface area contributed by atoms with E-state index in [4.69, 9.17) is 4.74 Å². The number of ether oxygens (including phenoxy) is 1. The van der Waals surface area contributed by atoms with Gasteiger partial charge in [-0.3, -0.25) is 9.59 Å². The zero-order valence-electron chi connectivity index (χ0n) is 18.2. The monoisotopic (exact) mass is 453 g/mol. The Hall–Kier alpha value is -3.03. The van der Waals surface area contributed by atoms with Crippen LogP contribution in [-0.2, 0) is 19.6 Å². The zero-order valence-corrected chi connectivity index (χ0v) is 19.0. The molecule has 0 amide bonds. The molecule has 3 aromatic rings. The number of rotatable bonds is 10. The molecular formula is C25H27NO5S. The molecule has 0 fully saturated rings. The van der Waals surface area contributed by atoms with E-state index in [9.17, 15) is 18.0 Å². The number of Topliss-reactive ketones (excluding diaryl/α,β-unsaturated/α-hetero) is 1. The molecule has 3 rings (SSSR count). The quantitative estimate of drug-likeness (QED) is 0.362.